The van der Waals surface area contributed by atoms with E-state index in [9.17, 15) is 186 Å². The molecule has 8 rings (SSSR count). The van der Waals surface area contributed by atoms with E-state index in [-0.39, 0.29) is 0 Å². The van der Waals surface area contributed by atoms with E-state index in [1.54, 1.807) is 0 Å². The van der Waals surface area contributed by atoms with Crippen LogP contribution in [0.15, 0.2) is 0 Å². The topological polar surface area (TPSA) is 942 Å². The van der Waals surface area contributed by atoms with E-state index in [1.807, 2.05) is 0 Å². The minimum atomic E-state index is -3.81. The van der Waals surface area contributed by atoms with E-state index >= 15 is 0 Å². The van der Waals surface area contributed by atoms with Crippen LogP contribution in [0.2, 0.25) is 0 Å². The van der Waals surface area contributed by atoms with Crippen LogP contribution in [0.25, 0.3) is 0 Å². The number of aliphatic carboxylic acids is 4. The molecule has 0 aromatic heterocycles. The number of rotatable bonds is 39. The number of nitrogens with one attached hydrogen (secondary N) is 4. The Morgan fingerprint density at radius 2 is 0.711 bits per heavy atom. The first-order chi connectivity index (χ1) is 59.9. The van der Waals surface area contributed by atoms with E-state index in [0.717, 1.165) is 34.6 Å². The molecule has 58 nitrogen and oxygen atoms in total. The maximum atomic E-state index is 14.3. The highest BCUT2D eigenvalue weighted by atomic mass is 16.8. The second kappa shape index (κ2) is 44.7. The Balaban J connectivity index is 1.18. The zero-order chi connectivity index (χ0) is 95.9. The molecule has 0 aromatic rings. The first-order valence-electron chi connectivity index (χ1n) is 39.6. The maximum absolute atomic E-state index is 14.3. The molecule has 8 saturated heterocycles. The van der Waals surface area contributed by atoms with Crippen LogP contribution < -0.4 is 27.0 Å². The van der Waals surface area contributed by atoms with E-state index in [0.29, 0.717) is 0 Å². The molecule has 736 valence electrons. The summed E-state index contributed by atoms with van der Waals surface area (Å²) in [6.45, 7) is -6.89. The summed E-state index contributed by atoms with van der Waals surface area (Å²) in [5.74, 6) is -29.0. The zero-order valence-electron chi connectivity index (χ0n) is 68.4. The van der Waals surface area contributed by atoms with E-state index in [1.165, 1.54) is 0 Å². The number of ether oxygens (including phenoxy) is 16. The van der Waals surface area contributed by atoms with Gasteiger partial charge in [-0.3, -0.25) is 24.0 Å². The largest absolute Gasteiger partial charge is 0.477 e. The number of aliphatic hydroxyl groups is 24. The first-order valence-corrected chi connectivity index (χ1v) is 39.6. The van der Waals surface area contributed by atoms with Crippen LogP contribution in [-0.2, 0) is 119 Å². The van der Waals surface area contributed by atoms with Crippen molar-refractivity contribution in [3.05, 3.63) is 0 Å². The fourth-order valence-electron chi connectivity index (χ4n) is 16.1. The summed E-state index contributed by atoms with van der Waals surface area (Å²) in [5, 5.41) is 324. The zero-order valence-corrected chi connectivity index (χ0v) is 68.4. The second-order valence-electron chi connectivity index (χ2n) is 31.7. The van der Waals surface area contributed by atoms with Gasteiger partial charge in [-0.1, -0.05) is 0 Å². The fourth-order valence-corrected chi connectivity index (χ4v) is 16.1. The Labute approximate surface area is 721 Å². The molecule has 8 aliphatic rings. The predicted octanol–water partition coefficient (Wildman–Crippen LogP) is -20.5. The van der Waals surface area contributed by atoms with Crippen LogP contribution in [0.4, 0.5) is 0 Å². The van der Waals surface area contributed by atoms with E-state index in [2.05, 4.69) is 21.3 Å². The van der Waals surface area contributed by atoms with Crippen molar-refractivity contribution in [1.29, 1.82) is 0 Å². The molecule has 0 spiro atoms. The number of carbonyl (C=O) groups is 9. The Hall–Kier alpha value is -6.37. The van der Waals surface area contributed by atoms with Crippen LogP contribution in [0.5, 0.6) is 0 Å². The number of hydrogen-bond donors (Lipinski definition) is 33. The number of carboxylic acid groups (broad SMARTS) is 4. The van der Waals surface area contributed by atoms with Crippen LogP contribution >= 0.6 is 0 Å². The van der Waals surface area contributed by atoms with Crippen molar-refractivity contribution in [2.75, 3.05) is 52.9 Å². The summed E-state index contributed by atoms with van der Waals surface area (Å²) in [6, 6.07) is -10.3. The molecule has 4 amide bonds. The molecule has 44 atom stereocenters. The Kier molecular flexibility index (Phi) is 37.3. The summed E-state index contributed by atoms with van der Waals surface area (Å²) in [6.07, 6.45) is -91.8. The normalized spacial score (nSPS) is 42.5. The Morgan fingerprint density at radius 1 is 0.367 bits per heavy atom. The third-order valence-electron chi connectivity index (χ3n) is 22.5. The van der Waals surface area contributed by atoms with Gasteiger partial charge in [0.25, 0.3) is 23.1 Å². The monoisotopic (exact) mass is 1870 g/mol. The maximum Gasteiger partial charge on any atom is 0.364 e. The van der Waals surface area contributed by atoms with Gasteiger partial charge >= 0.3 is 29.8 Å². The third kappa shape index (κ3) is 23.3. The molecule has 8 aliphatic heterocycles. The van der Waals surface area contributed by atoms with E-state index in [4.69, 9.17) is 81.5 Å². The molecule has 128 heavy (non-hydrogen) atoms. The summed E-state index contributed by atoms with van der Waals surface area (Å²) in [4.78, 5) is 118. The fraction of sp³-hybridized carbons (Fsp3) is 0.871. The molecule has 8 heterocycles. The average Bonchev–Trinajstić information content (AvgIpc) is 0.744. The number of aliphatic hydroxyl groups excluding tert-OH is 24. The molecule has 8 fully saturated rings. The molecular weight excluding hydrogens is 1760 g/mol. The van der Waals surface area contributed by atoms with Crippen LogP contribution in [0.1, 0.15) is 60.3 Å². The summed E-state index contributed by atoms with van der Waals surface area (Å²) in [5.41, 5.74) is 6.07. The van der Waals surface area contributed by atoms with Gasteiger partial charge in [-0.15, -0.1) is 0 Å². The SMILES string of the molecule is CC(=O)N[C@H]1[C@H](O[C@@H]2[C@H](O[C@]3(C(=O)O)C[C@H](O)[C@@H](NC(C)=O)[C@H]([C@H](O)[C@@H](CO)O[C@]4(C(=O)O)C[C@H](O)[C@@H](N)[C@H]([C@H](O)[C@H](O)COC(C)=O)O4)O3)[C@@H](O)[C@H](O[C@H]3[C@H](O)[C@@H](O)[C@H](O)O[C@@H]3CO)O[C@@H]2CO)O[C@H](CO)[C@H](O)[C@@H]1O[C@@H]1O[C@H](CO)[C@H](O)[C@H](O[C@]2(C(=O)O)C[C@H](O)[C@@H](NC(C)=O)[C@H]([C@H](O)[C@@H](CO)O[C@]3(C(=O)O)C[C@H](O)[C@@H](NC(C)=O)[C@H]([C@H](O)[C@H](O)CO)O3)O2)[C@H]1O. The van der Waals surface area contributed by atoms with Gasteiger partial charge in [0.2, 0.25) is 23.6 Å². The number of hydrogen-bond acceptors (Lipinski definition) is 50. The summed E-state index contributed by atoms with van der Waals surface area (Å²) in [7, 11) is 0. The minimum Gasteiger partial charge on any atom is -0.477 e. The number of nitrogens with two attached hydrogens (primary N) is 1. The molecule has 0 aliphatic carbocycles. The lowest BCUT2D eigenvalue weighted by molar-refractivity contribution is -0.405. The molecule has 0 saturated carbocycles. The lowest BCUT2D eigenvalue weighted by Gasteiger charge is -2.53. The number of amides is 4. The lowest BCUT2D eigenvalue weighted by atomic mass is 9.87. The van der Waals surface area contributed by atoms with Crippen molar-refractivity contribution in [3.8, 4) is 0 Å². The number of esters is 1. The van der Waals surface area contributed by atoms with Crippen molar-refractivity contribution in [3.63, 3.8) is 0 Å². The first kappa shape index (κ1) is 107. The van der Waals surface area contributed by atoms with E-state index < -0.39 is 400 Å². The summed E-state index contributed by atoms with van der Waals surface area (Å²) < 4.78 is 92.2. The molecule has 0 radical (unpaired) electrons. The molecular formula is C70H113N5O53. The quantitative estimate of drug-likeness (QED) is 0.0254. The molecule has 0 bridgehead atoms. The van der Waals surface area contributed by atoms with Crippen molar-refractivity contribution < 1.29 is 262 Å². The highest BCUT2D eigenvalue weighted by Crippen LogP contribution is 2.45. The van der Waals surface area contributed by atoms with Crippen LogP contribution in [0, 0.1) is 0 Å². The van der Waals surface area contributed by atoms with Gasteiger partial charge in [-0.2, -0.15) is 0 Å². The minimum absolute atomic E-state index is 0.762. The van der Waals surface area contributed by atoms with Gasteiger partial charge in [0.05, 0.1) is 94.8 Å². The van der Waals surface area contributed by atoms with Gasteiger partial charge in [0.1, 0.15) is 177 Å². The van der Waals surface area contributed by atoms with Crippen molar-refractivity contribution >= 4 is 53.5 Å². The lowest BCUT2D eigenvalue weighted by Crippen LogP contribution is -2.73. The second-order valence-corrected chi connectivity index (χ2v) is 31.7. The van der Waals surface area contributed by atoms with Gasteiger partial charge < -0.3 is 246 Å². The van der Waals surface area contributed by atoms with Crippen LogP contribution in [-0.4, -0.2) is 517 Å². The number of carbonyl (C=O) groups excluding carboxylic acids is 5. The van der Waals surface area contributed by atoms with Crippen molar-refractivity contribution in [1.82, 2.24) is 21.3 Å². The molecule has 34 N–H and O–H groups in total. The van der Waals surface area contributed by atoms with Crippen molar-refractivity contribution in [2.24, 2.45) is 5.73 Å². The average molecular weight is 1870 g/mol. The smallest absolute Gasteiger partial charge is 0.364 e. The predicted molar refractivity (Wildman–Crippen MR) is 391 cm³/mol. The highest BCUT2D eigenvalue weighted by molar-refractivity contribution is 5.79. The van der Waals surface area contributed by atoms with Crippen LogP contribution in [0.3, 0.4) is 0 Å². The Morgan fingerprint density at radius 3 is 1.12 bits per heavy atom. The standard InChI is InChI=1S/C70H113N5O53/c1-18(83)72-36-24(89)7-68(64(107)108,124-54(36)40(94)27(92)10-76)122-32(14-80)45(99)55-37(73-19(2)84)25(90)8-69(125-55,65(109)110)127-57-43(97)30(12-78)116-61(48(57)102)120-53-39(75-21(4)86)60(115-29(11-77)42(53)96)119-51-34(16-82)117-62(118-50-33(15-81)114-59(104)47(101)46(50)100)49(103)58(51)128-70(66(111)112)9-26(91)38(74-20(3)85)56(126-70)44(98)31(13-79)121-67(63(105)106)6-23(88)35(71)52(123-67)41(95)28(93)17-113-22(5)87/h23-62,76-82,88-104H,6-17,71H2,1-5H3,(H,72,83)(H,73,84)(H,74,85)(H,75,86)(H,105,106)(H,107,108)(H,109,110)(H,111,112)/t23-,24-,25-,26-,27+,28+,29+,30+,31+,32+,33+,34+,35+,36+,37+,38+,39+,40+,41+,42-,43-,44+,45+,46+,47+,48+,49+,50+,51-,52+,53+,54+,55+,56+,57-,58+,59+,60-,61-,62-,67+,68+,69-,70-/m0/s1. The van der Waals surface area contributed by atoms with Crippen molar-refractivity contribution in [2.45, 2.75) is 328 Å². The third-order valence-corrected chi connectivity index (χ3v) is 22.5. The van der Waals surface area contributed by atoms with Gasteiger partial charge in [-0.25, -0.2) is 19.2 Å². The number of carboxylic acids is 4. The molecule has 58 heteroatoms. The highest BCUT2D eigenvalue weighted by Gasteiger charge is 2.67. The van der Waals surface area contributed by atoms with Gasteiger partial charge in [0, 0.05) is 60.3 Å². The van der Waals surface area contributed by atoms with Gasteiger partial charge in [-0.05, 0) is 0 Å². The molecule has 0 aromatic carbocycles. The summed E-state index contributed by atoms with van der Waals surface area (Å²) >= 11 is 0. The molecule has 0 unspecified atom stereocenters. The Bertz CT molecular complexity index is 3720. The van der Waals surface area contributed by atoms with Gasteiger partial charge in [0.15, 0.2) is 25.2 Å².